The number of rotatable bonds is 6. The third-order valence-corrected chi connectivity index (χ3v) is 4.05. The molecule has 1 aromatic heterocycles. The quantitative estimate of drug-likeness (QED) is 0.762. The van der Waals surface area contributed by atoms with E-state index in [-0.39, 0.29) is 5.25 Å². The number of nitriles is 1. The van der Waals surface area contributed by atoms with Crippen LogP contribution in [-0.2, 0) is 6.54 Å². The minimum Gasteiger partial charge on any atom is -0.497 e. The third-order valence-electron chi connectivity index (χ3n) is 3.08. The Morgan fingerprint density at radius 3 is 2.45 bits per heavy atom. The highest BCUT2D eigenvalue weighted by atomic mass is 32.2. The number of nitrogens with zero attached hydrogens (tertiary/aromatic N) is 4. The maximum Gasteiger partial charge on any atom is 0.192 e. The standard InChI is InChI=1S/C16H20N4OS/c1-11(2)10-20-15(13-5-7-14(21-4)8-6-13)18-19-16(20)22-12(3)9-17/h5-8,11-12H,10H2,1-4H3/t12-/m1/s1. The predicted octanol–water partition coefficient (Wildman–Crippen LogP) is 3.61. The molecule has 0 aliphatic rings. The lowest BCUT2D eigenvalue weighted by Crippen LogP contribution is -2.08. The van der Waals surface area contributed by atoms with Crippen molar-refractivity contribution in [2.75, 3.05) is 7.11 Å². The molecule has 1 heterocycles. The first kappa shape index (κ1) is 16.4. The Morgan fingerprint density at radius 2 is 1.91 bits per heavy atom. The van der Waals surface area contributed by atoms with Crippen LogP contribution in [0.4, 0.5) is 0 Å². The molecule has 1 aromatic carbocycles. The van der Waals surface area contributed by atoms with Crippen molar-refractivity contribution in [2.45, 2.75) is 37.7 Å². The van der Waals surface area contributed by atoms with E-state index in [0.29, 0.717) is 5.92 Å². The zero-order chi connectivity index (χ0) is 16.1. The zero-order valence-electron chi connectivity index (χ0n) is 13.3. The second kappa shape index (κ2) is 7.32. The van der Waals surface area contributed by atoms with Gasteiger partial charge in [0.15, 0.2) is 11.0 Å². The SMILES string of the molecule is COc1ccc(-c2nnc(S[C@H](C)C#N)n2CC(C)C)cc1. The first-order valence-corrected chi connectivity index (χ1v) is 8.07. The van der Waals surface area contributed by atoms with Crippen LogP contribution in [-0.4, -0.2) is 27.1 Å². The second-order valence-corrected chi connectivity index (χ2v) is 6.74. The van der Waals surface area contributed by atoms with Crippen LogP contribution in [0.5, 0.6) is 5.75 Å². The normalized spacial score (nSPS) is 12.2. The fourth-order valence-electron chi connectivity index (χ4n) is 2.04. The Kier molecular flexibility index (Phi) is 5.45. The molecule has 22 heavy (non-hydrogen) atoms. The first-order valence-electron chi connectivity index (χ1n) is 7.19. The molecule has 0 radical (unpaired) electrons. The van der Waals surface area contributed by atoms with E-state index in [2.05, 4.69) is 34.7 Å². The van der Waals surface area contributed by atoms with E-state index in [0.717, 1.165) is 28.8 Å². The van der Waals surface area contributed by atoms with Crippen molar-refractivity contribution in [3.8, 4) is 23.2 Å². The highest BCUT2D eigenvalue weighted by molar-refractivity contribution is 8.00. The molecule has 0 aliphatic heterocycles. The highest BCUT2D eigenvalue weighted by Gasteiger charge is 2.17. The van der Waals surface area contributed by atoms with E-state index in [1.807, 2.05) is 31.2 Å². The monoisotopic (exact) mass is 316 g/mol. The number of benzene rings is 1. The largest absolute Gasteiger partial charge is 0.497 e. The van der Waals surface area contributed by atoms with Gasteiger partial charge in [-0.15, -0.1) is 10.2 Å². The molecule has 5 nitrogen and oxygen atoms in total. The van der Waals surface area contributed by atoms with Crippen LogP contribution >= 0.6 is 11.8 Å². The molecule has 0 fully saturated rings. The Hall–Kier alpha value is -2.00. The second-order valence-electron chi connectivity index (χ2n) is 5.43. The molecule has 0 N–H and O–H groups in total. The van der Waals surface area contributed by atoms with Gasteiger partial charge in [0.1, 0.15) is 5.75 Å². The van der Waals surface area contributed by atoms with Gasteiger partial charge < -0.3 is 9.30 Å². The minimum atomic E-state index is -0.154. The minimum absolute atomic E-state index is 0.154. The fraction of sp³-hybridized carbons (Fsp3) is 0.438. The molecule has 116 valence electrons. The Balaban J connectivity index is 2.39. The molecular formula is C16H20N4OS. The third kappa shape index (κ3) is 3.80. The van der Waals surface area contributed by atoms with Crippen molar-refractivity contribution in [1.29, 1.82) is 5.26 Å². The molecule has 0 amide bonds. The Bertz CT molecular complexity index is 658. The van der Waals surface area contributed by atoms with E-state index in [9.17, 15) is 0 Å². The van der Waals surface area contributed by atoms with Crippen molar-refractivity contribution < 1.29 is 4.74 Å². The Labute approximate surface area is 135 Å². The van der Waals surface area contributed by atoms with Gasteiger partial charge in [-0.2, -0.15) is 5.26 Å². The van der Waals surface area contributed by atoms with Gasteiger partial charge in [-0.3, -0.25) is 0 Å². The lowest BCUT2D eigenvalue weighted by atomic mass is 10.2. The summed E-state index contributed by atoms with van der Waals surface area (Å²) in [5, 5.41) is 18.2. The van der Waals surface area contributed by atoms with Gasteiger partial charge in [0.25, 0.3) is 0 Å². The average Bonchev–Trinajstić information content (AvgIpc) is 2.89. The highest BCUT2D eigenvalue weighted by Crippen LogP contribution is 2.28. The number of aromatic nitrogens is 3. The summed E-state index contributed by atoms with van der Waals surface area (Å²) < 4.78 is 7.28. The summed E-state index contributed by atoms with van der Waals surface area (Å²) in [6.07, 6.45) is 0. The van der Waals surface area contributed by atoms with Crippen molar-refractivity contribution in [3.63, 3.8) is 0 Å². The van der Waals surface area contributed by atoms with Crippen LogP contribution in [0.15, 0.2) is 29.4 Å². The first-order chi connectivity index (χ1) is 10.5. The van der Waals surface area contributed by atoms with Crippen LogP contribution < -0.4 is 4.74 Å². The van der Waals surface area contributed by atoms with Crippen molar-refractivity contribution >= 4 is 11.8 Å². The molecule has 2 rings (SSSR count). The summed E-state index contributed by atoms with van der Waals surface area (Å²) in [4.78, 5) is 0. The number of methoxy groups -OCH3 is 1. The molecular weight excluding hydrogens is 296 g/mol. The lowest BCUT2D eigenvalue weighted by molar-refractivity contribution is 0.415. The molecule has 0 saturated heterocycles. The van der Waals surface area contributed by atoms with Gasteiger partial charge in [-0.05, 0) is 37.1 Å². The van der Waals surface area contributed by atoms with Gasteiger partial charge in [0, 0.05) is 12.1 Å². The average molecular weight is 316 g/mol. The van der Waals surface area contributed by atoms with Crippen molar-refractivity contribution in [3.05, 3.63) is 24.3 Å². The summed E-state index contributed by atoms with van der Waals surface area (Å²) in [5.74, 6) is 2.10. The summed E-state index contributed by atoms with van der Waals surface area (Å²) in [7, 11) is 1.65. The molecule has 6 heteroatoms. The van der Waals surface area contributed by atoms with E-state index < -0.39 is 0 Å². The lowest BCUT2D eigenvalue weighted by Gasteiger charge is -2.13. The van der Waals surface area contributed by atoms with Gasteiger partial charge >= 0.3 is 0 Å². The van der Waals surface area contributed by atoms with E-state index >= 15 is 0 Å². The zero-order valence-corrected chi connectivity index (χ0v) is 14.1. The number of hydrogen-bond donors (Lipinski definition) is 0. The van der Waals surface area contributed by atoms with Crippen LogP contribution in [0.25, 0.3) is 11.4 Å². The Morgan fingerprint density at radius 1 is 1.23 bits per heavy atom. The van der Waals surface area contributed by atoms with Crippen molar-refractivity contribution in [2.24, 2.45) is 5.92 Å². The summed E-state index contributed by atoms with van der Waals surface area (Å²) in [6, 6.07) is 9.99. The predicted molar refractivity (Wildman–Crippen MR) is 87.8 cm³/mol. The topological polar surface area (TPSA) is 63.7 Å². The smallest absolute Gasteiger partial charge is 0.192 e. The van der Waals surface area contributed by atoms with E-state index in [4.69, 9.17) is 10.00 Å². The molecule has 0 bridgehead atoms. The summed E-state index contributed by atoms with van der Waals surface area (Å²) in [5.41, 5.74) is 0.991. The van der Waals surface area contributed by atoms with Crippen LogP contribution in [0.2, 0.25) is 0 Å². The van der Waals surface area contributed by atoms with Crippen LogP contribution in [0.1, 0.15) is 20.8 Å². The summed E-state index contributed by atoms with van der Waals surface area (Å²) >= 11 is 1.44. The number of ether oxygens (including phenoxy) is 1. The molecule has 0 spiro atoms. The molecule has 1 atom stereocenters. The molecule has 0 unspecified atom stereocenters. The maximum atomic E-state index is 9.01. The van der Waals surface area contributed by atoms with E-state index in [1.165, 1.54) is 11.8 Å². The van der Waals surface area contributed by atoms with Crippen LogP contribution in [0, 0.1) is 17.2 Å². The van der Waals surface area contributed by atoms with E-state index in [1.54, 1.807) is 7.11 Å². The summed E-state index contributed by atoms with van der Waals surface area (Å²) in [6.45, 7) is 6.99. The molecule has 0 aliphatic carbocycles. The molecule has 2 aromatic rings. The maximum absolute atomic E-state index is 9.01. The molecule has 0 saturated carbocycles. The van der Waals surface area contributed by atoms with Crippen molar-refractivity contribution in [1.82, 2.24) is 14.8 Å². The van der Waals surface area contributed by atoms with Gasteiger partial charge in [-0.25, -0.2) is 0 Å². The van der Waals surface area contributed by atoms with Crippen LogP contribution in [0.3, 0.4) is 0 Å². The van der Waals surface area contributed by atoms with Gasteiger partial charge in [0.2, 0.25) is 0 Å². The van der Waals surface area contributed by atoms with Gasteiger partial charge in [0.05, 0.1) is 18.4 Å². The number of thioether (sulfide) groups is 1. The fourth-order valence-corrected chi connectivity index (χ4v) is 2.79. The van der Waals surface area contributed by atoms with Gasteiger partial charge in [-0.1, -0.05) is 25.6 Å². The number of hydrogen-bond acceptors (Lipinski definition) is 5.